The van der Waals surface area contributed by atoms with Crippen molar-refractivity contribution in [1.82, 2.24) is 0 Å². The van der Waals surface area contributed by atoms with Gasteiger partial charge < -0.3 is 5.11 Å². The van der Waals surface area contributed by atoms with Crippen LogP contribution >= 0.6 is 0 Å². The molecule has 1 aliphatic carbocycles. The van der Waals surface area contributed by atoms with Crippen molar-refractivity contribution in [3.63, 3.8) is 0 Å². The van der Waals surface area contributed by atoms with E-state index in [1.54, 1.807) is 0 Å². The predicted molar refractivity (Wildman–Crippen MR) is 57.1 cm³/mol. The Balaban J connectivity index is 2.70. The molecule has 0 aromatic rings. The summed E-state index contributed by atoms with van der Waals surface area (Å²) in [6.07, 6.45) is 8.34. The fourth-order valence-corrected chi connectivity index (χ4v) is 1.50. The number of allylic oxidation sites excluding steroid dienone is 5. The molecule has 2 nitrogen and oxygen atoms in total. The number of hydrogen-bond donors (Lipinski definition) is 1. The molecule has 0 radical (unpaired) electrons. The molecule has 0 aromatic carbocycles. The maximum absolute atomic E-state index is 10.5. The second-order valence-electron chi connectivity index (χ2n) is 3.55. The predicted octanol–water partition coefficient (Wildman–Crippen LogP) is 3.07. The van der Waals surface area contributed by atoms with Crippen LogP contribution in [0.2, 0.25) is 0 Å². The number of carbonyl (C=O) groups is 1. The van der Waals surface area contributed by atoms with E-state index in [4.69, 9.17) is 5.11 Å². The normalized spacial score (nSPS) is 19.1. The van der Waals surface area contributed by atoms with E-state index in [0.717, 1.165) is 24.0 Å². The van der Waals surface area contributed by atoms with Crippen LogP contribution < -0.4 is 0 Å². The van der Waals surface area contributed by atoms with E-state index in [1.807, 2.05) is 13.0 Å². The summed E-state index contributed by atoms with van der Waals surface area (Å²) in [7, 11) is 0. The van der Waals surface area contributed by atoms with Crippen LogP contribution in [-0.4, -0.2) is 11.1 Å². The molecule has 1 N–H and O–H groups in total. The zero-order valence-electron chi connectivity index (χ0n) is 8.71. The molecule has 0 aromatic heterocycles. The molecule has 0 aliphatic heterocycles. The summed E-state index contributed by atoms with van der Waals surface area (Å²) in [4.78, 5) is 10.5. The van der Waals surface area contributed by atoms with Crippen molar-refractivity contribution < 1.29 is 9.90 Å². The minimum Gasteiger partial charge on any atom is -0.481 e. The molecular weight excluding hydrogens is 176 g/mol. The fraction of sp³-hybridized carbons (Fsp3) is 0.417. The Hall–Kier alpha value is -1.31. The molecule has 0 heterocycles. The lowest BCUT2D eigenvalue weighted by atomic mass is 9.96. The minimum atomic E-state index is -0.756. The van der Waals surface area contributed by atoms with Crippen LogP contribution in [-0.2, 0) is 4.79 Å². The molecule has 1 aliphatic rings. The zero-order chi connectivity index (χ0) is 10.6. The first-order valence-corrected chi connectivity index (χ1v) is 4.91. The van der Waals surface area contributed by atoms with Crippen molar-refractivity contribution in [2.75, 3.05) is 0 Å². The van der Waals surface area contributed by atoms with Crippen LogP contribution in [0.3, 0.4) is 0 Å². The van der Waals surface area contributed by atoms with E-state index >= 15 is 0 Å². The Morgan fingerprint density at radius 2 is 2.21 bits per heavy atom. The van der Waals surface area contributed by atoms with Gasteiger partial charge in [0, 0.05) is 0 Å². The van der Waals surface area contributed by atoms with Gasteiger partial charge in [0.25, 0.3) is 0 Å². The number of rotatable bonds is 3. The largest absolute Gasteiger partial charge is 0.481 e. The summed E-state index contributed by atoms with van der Waals surface area (Å²) in [5, 5.41) is 8.64. The second-order valence-corrected chi connectivity index (χ2v) is 3.55. The quantitative estimate of drug-likeness (QED) is 0.746. The second kappa shape index (κ2) is 4.80. The minimum absolute atomic E-state index is 0.148. The third-order valence-electron chi connectivity index (χ3n) is 2.46. The van der Waals surface area contributed by atoms with Crippen LogP contribution in [0.25, 0.3) is 0 Å². The molecule has 0 atom stereocenters. The number of carboxylic acids is 1. The monoisotopic (exact) mass is 192 g/mol. The standard InChI is InChI=1S/C12H16O2/c1-3-10-4-6-11(7-5-10)9(2)8-12(13)14/h4-6H,3,7-8H2,1-2H3,(H,13,14)/b11-9+. The molecule has 0 saturated carbocycles. The zero-order valence-corrected chi connectivity index (χ0v) is 8.71. The molecule has 0 saturated heterocycles. The van der Waals surface area contributed by atoms with Crippen LogP contribution in [0.15, 0.2) is 34.9 Å². The highest BCUT2D eigenvalue weighted by Gasteiger charge is 2.06. The van der Waals surface area contributed by atoms with E-state index in [2.05, 4.69) is 19.1 Å². The average Bonchev–Trinajstić information content (AvgIpc) is 2.17. The first-order valence-electron chi connectivity index (χ1n) is 4.91. The topological polar surface area (TPSA) is 37.3 Å². The van der Waals surface area contributed by atoms with Gasteiger partial charge in [-0.15, -0.1) is 0 Å². The van der Waals surface area contributed by atoms with Crippen LogP contribution in [0, 0.1) is 0 Å². The van der Waals surface area contributed by atoms with Crippen molar-refractivity contribution in [2.45, 2.75) is 33.1 Å². The van der Waals surface area contributed by atoms with E-state index in [0.29, 0.717) is 0 Å². The molecule has 0 amide bonds. The van der Waals surface area contributed by atoms with Gasteiger partial charge in [-0.1, -0.05) is 36.3 Å². The van der Waals surface area contributed by atoms with Gasteiger partial charge >= 0.3 is 5.97 Å². The summed E-state index contributed by atoms with van der Waals surface area (Å²) in [5.41, 5.74) is 3.43. The molecule has 0 unspecified atom stereocenters. The Bertz CT molecular complexity index is 319. The summed E-state index contributed by atoms with van der Waals surface area (Å²) in [6, 6.07) is 0. The first-order chi connectivity index (χ1) is 6.63. The van der Waals surface area contributed by atoms with E-state index in [9.17, 15) is 4.79 Å². The van der Waals surface area contributed by atoms with Crippen molar-refractivity contribution in [1.29, 1.82) is 0 Å². The molecule has 0 bridgehead atoms. The average molecular weight is 192 g/mol. The fourth-order valence-electron chi connectivity index (χ4n) is 1.50. The lowest BCUT2D eigenvalue weighted by molar-refractivity contribution is -0.136. The number of aliphatic carboxylic acids is 1. The van der Waals surface area contributed by atoms with Gasteiger partial charge in [0.2, 0.25) is 0 Å². The van der Waals surface area contributed by atoms with Crippen molar-refractivity contribution in [3.05, 3.63) is 34.9 Å². The molecule has 76 valence electrons. The molecule has 0 spiro atoms. The third-order valence-corrected chi connectivity index (χ3v) is 2.46. The highest BCUT2D eigenvalue weighted by Crippen LogP contribution is 2.21. The summed E-state index contributed by atoms with van der Waals surface area (Å²) < 4.78 is 0. The Kier molecular flexibility index (Phi) is 3.69. The number of carboxylic acid groups (broad SMARTS) is 1. The van der Waals surface area contributed by atoms with E-state index < -0.39 is 5.97 Å². The van der Waals surface area contributed by atoms with Crippen LogP contribution in [0.4, 0.5) is 0 Å². The molecule has 2 heteroatoms. The molecule has 14 heavy (non-hydrogen) atoms. The lowest BCUT2D eigenvalue weighted by Gasteiger charge is -2.10. The van der Waals surface area contributed by atoms with Crippen molar-refractivity contribution in [3.8, 4) is 0 Å². The Morgan fingerprint density at radius 3 is 2.64 bits per heavy atom. The van der Waals surface area contributed by atoms with Gasteiger partial charge in [0.15, 0.2) is 0 Å². The first kappa shape index (κ1) is 10.8. The molecular formula is C12H16O2. The van der Waals surface area contributed by atoms with Crippen molar-refractivity contribution >= 4 is 5.97 Å². The van der Waals surface area contributed by atoms with Gasteiger partial charge in [-0.05, 0) is 25.3 Å². The molecule has 1 rings (SSSR count). The van der Waals surface area contributed by atoms with Crippen LogP contribution in [0.1, 0.15) is 33.1 Å². The highest BCUT2D eigenvalue weighted by atomic mass is 16.4. The van der Waals surface area contributed by atoms with Gasteiger partial charge in [0.05, 0.1) is 6.42 Å². The summed E-state index contributed by atoms with van der Waals surface area (Å²) in [5.74, 6) is -0.756. The van der Waals surface area contributed by atoms with Gasteiger partial charge in [-0.2, -0.15) is 0 Å². The maximum atomic E-state index is 10.5. The Labute approximate surface area is 84.6 Å². The van der Waals surface area contributed by atoms with Crippen molar-refractivity contribution in [2.24, 2.45) is 0 Å². The van der Waals surface area contributed by atoms with E-state index in [-0.39, 0.29) is 6.42 Å². The van der Waals surface area contributed by atoms with Gasteiger partial charge in [0.1, 0.15) is 0 Å². The van der Waals surface area contributed by atoms with Gasteiger partial charge in [-0.25, -0.2) is 0 Å². The summed E-state index contributed by atoms with van der Waals surface area (Å²) >= 11 is 0. The smallest absolute Gasteiger partial charge is 0.307 e. The highest BCUT2D eigenvalue weighted by molar-refractivity contribution is 5.70. The number of hydrogen-bond acceptors (Lipinski definition) is 1. The lowest BCUT2D eigenvalue weighted by Crippen LogP contribution is -1.98. The summed E-state index contributed by atoms with van der Waals surface area (Å²) in [6.45, 7) is 4.01. The maximum Gasteiger partial charge on any atom is 0.307 e. The third kappa shape index (κ3) is 2.87. The van der Waals surface area contributed by atoms with E-state index in [1.165, 1.54) is 5.57 Å². The Morgan fingerprint density at radius 1 is 1.50 bits per heavy atom. The SMILES string of the molecule is CCC1=CC/C(=C(\C)CC(=O)O)C=C1. The van der Waals surface area contributed by atoms with Crippen LogP contribution in [0.5, 0.6) is 0 Å². The van der Waals surface area contributed by atoms with Gasteiger partial charge in [-0.3, -0.25) is 4.79 Å². The molecule has 0 fully saturated rings.